The third-order valence-corrected chi connectivity index (χ3v) is 6.67. The van der Waals surface area contributed by atoms with Gasteiger partial charge in [0.2, 0.25) is 5.88 Å². The summed E-state index contributed by atoms with van der Waals surface area (Å²) < 4.78 is 28.3. The van der Waals surface area contributed by atoms with Crippen molar-refractivity contribution >= 4 is 6.08 Å². The lowest BCUT2D eigenvalue weighted by molar-refractivity contribution is 0.233. The minimum Gasteiger partial charge on any atom is -0.497 e. The smallest absolute Gasteiger partial charge is 0.205 e. The van der Waals surface area contributed by atoms with E-state index in [-0.39, 0.29) is 5.88 Å². The van der Waals surface area contributed by atoms with Gasteiger partial charge in [0.05, 0.1) is 34.4 Å². The Morgan fingerprint density at radius 1 is 1.00 bits per heavy atom. The number of ether oxygens (including phenoxy) is 5. The average Bonchev–Trinajstić information content (AvgIpc) is 2.92. The van der Waals surface area contributed by atoms with E-state index in [1.165, 1.54) is 0 Å². The number of nitrogens with two attached hydrogens (primary N) is 1. The SMILES string of the molecule is CCCN1CC2=C(OC(N)=C(C#N)C2c2ccc(OC)cc2OC)/C(=C/c2ccc(OC)cc2OC)C1. The second-order valence-corrected chi connectivity index (χ2v) is 8.88. The molecule has 2 aromatic rings. The third kappa shape index (κ3) is 5.09. The molecule has 1 atom stereocenters. The van der Waals surface area contributed by atoms with Gasteiger partial charge in [-0.05, 0) is 42.8 Å². The topological polar surface area (TPSA) is 99.2 Å². The molecule has 0 amide bonds. The molecule has 1 unspecified atom stereocenters. The van der Waals surface area contributed by atoms with Gasteiger partial charge in [-0.25, -0.2) is 0 Å². The first kappa shape index (κ1) is 26.0. The molecule has 0 saturated heterocycles. The quantitative estimate of drug-likeness (QED) is 0.558. The Bertz CT molecular complexity index is 1310. The van der Waals surface area contributed by atoms with E-state index in [0.29, 0.717) is 47.4 Å². The summed E-state index contributed by atoms with van der Waals surface area (Å²) in [4.78, 5) is 2.35. The van der Waals surface area contributed by atoms with Crippen molar-refractivity contribution in [3.8, 4) is 29.1 Å². The number of hydrogen-bond donors (Lipinski definition) is 1. The van der Waals surface area contributed by atoms with Crippen LogP contribution in [0.25, 0.3) is 6.08 Å². The first-order chi connectivity index (χ1) is 18.0. The molecule has 0 saturated carbocycles. The van der Waals surface area contributed by atoms with Crippen LogP contribution in [0.1, 0.15) is 30.4 Å². The lowest BCUT2D eigenvalue weighted by Crippen LogP contribution is -2.38. The minimum absolute atomic E-state index is 0.0978. The Labute approximate surface area is 218 Å². The van der Waals surface area contributed by atoms with Gasteiger partial charge in [-0.2, -0.15) is 5.26 Å². The molecule has 0 radical (unpaired) electrons. The van der Waals surface area contributed by atoms with E-state index < -0.39 is 5.92 Å². The van der Waals surface area contributed by atoms with Crippen LogP contribution in [-0.2, 0) is 4.74 Å². The van der Waals surface area contributed by atoms with Crippen molar-refractivity contribution in [2.45, 2.75) is 19.3 Å². The van der Waals surface area contributed by atoms with Crippen molar-refractivity contribution in [2.75, 3.05) is 48.1 Å². The van der Waals surface area contributed by atoms with Crippen molar-refractivity contribution in [2.24, 2.45) is 5.73 Å². The summed E-state index contributed by atoms with van der Waals surface area (Å²) in [5, 5.41) is 10.1. The van der Waals surface area contributed by atoms with E-state index in [9.17, 15) is 5.26 Å². The third-order valence-electron chi connectivity index (χ3n) is 6.67. The van der Waals surface area contributed by atoms with Crippen LogP contribution in [0, 0.1) is 11.3 Å². The fourth-order valence-electron chi connectivity index (χ4n) is 4.95. The Morgan fingerprint density at radius 3 is 2.30 bits per heavy atom. The van der Waals surface area contributed by atoms with Crippen LogP contribution >= 0.6 is 0 Å². The molecule has 0 bridgehead atoms. The van der Waals surface area contributed by atoms with E-state index in [1.807, 2.05) is 36.4 Å². The van der Waals surface area contributed by atoms with Gasteiger partial charge < -0.3 is 29.4 Å². The van der Waals surface area contributed by atoms with Crippen LogP contribution in [-0.4, -0.2) is 53.0 Å². The highest BCUT2D eigenvalue weighted by Crippen LogP contribution is 2.47. The molecule has 2 aliphatic rings. The normalized spacial score (nSPS) is 18.7. The number of nitriles is 1. The maximum absolute atomic E-state index is 10.1. The second kappa shape index (κ2) is 11.3. The Morgan fingerprint density at radius 2 is 1.68 bits per heavy atom. The van der Waals surface area contributed by atoms with Crippen LogP contribution in [0.4, 0.5) is 0 Å². The summed E-state index contributed by atoms with van der Waals surface area (Å²) in [5.74, 6) is 3.05. The number of rotatable bonds is 8. The summed E-state index contributed by atoms with van der Waals surface area (Å²) in [6, 6.07) is 13.6. The highest BCUT2D eigenvalue weighted by molar-refractivity contribution is 5.67. The molecule has 2 N–H and O–H groups in total. The zero-order valence-corrected chi connectivity index (χ0v) is 22.0. The van der Waals surface area contributed by atoms with Crippen molar-refractivity contribution in [3.05, 3.63) is 75.9 Å². The van der Waals surface area contributed by atoms with E-state index in [0.717, 1.165) is 35.2 Å². The molecule has 2 aromatic carbocycles. The largest absolute Gasteiger partial charge is 0.497 e. The van der Waals surface area contributed by atoms with Gasteiger partial charge in [0.1, 0.15) is 40.4 Å². The first-order valence-corrected chi connectivity index (χ1v) is 12.2. The Kier molecular flexibility index (Phi) is 7.95. The molecule has 194 valence electrons. The number of methoxy groups -OCH3 is 4. The van der Waals surface area contributed by atoms with E-state index in [2.05, 4.69) is 24.0 Å². The van der Waals surface area contributed by atoms with Crippen molar-refractivity contribution in [1.82, 2.24) is 4.90 Å². The van der Waals surface area contributed by atoms with Crippen molar-refractivity contribution in [1.29, 1.82) is 5.26 Å². The minimum atomic E-state index is -0.421. The molecule has 0 spiro atoms. The van der Waals surface area contributed by atoms with Crippen LogP contribution in [0.5, 0.6) is 23.0 Å². The van der Waals surface area contributed by atoms with Crippen LogP contribution < -0.4 is 24.7 Å². The molecule has 8 nitrogen and oxygen atoms in total. The lowest BCUT2D eigenvalue weighted by Gasteiger charge is -2.38. The zero-order valence-electron chi connectivity index (χ0n) is 22.0. The van der Waals surface area contributed by atoms with E-state index >= 15 is 0 Å². The number of nitrogens with zero attached hydrogens (tertiary/aromatic N) is 2. The summed E-state index contributed by atoms with van der Waals surface area (Å²) in [5.41, 5.74) is 10.4. The standard InChI is InChI=1S/C29H33N3O5/c1-6-11-32-16-19(12-18-7-8-20(33-2)13-25(18)35-4)28-24(17-32)27(23(15-30)29(31)37-28)22-10-9-21(34-3)14-26(22)36-5/h7-10,12-14,27H,6,11,16-17,31H2,1-5H3/b19-12+. The first-order valence-electron chi connectivity index (χ1n) is 12.2. The zero-order chi connectivity index (χ0) is 26.5. The van der Waals surface area contributed by atoms with Crippen molar-refractivity contribution in [3.63, 3.8) is 0 Å². The molecule has 2 heterocycles. The van der Waals surface area contributed by atoms with Crippen LogP contribution in [0.2, 0.25) is 0 Å². The molecule has 8 heteroatoms. The van der Waals surface area contributed by atoms with Gasteiger partial charge >= 0.3 is 0 Å². The molecule has 37 heavy (non-hydrogen) atoms. The Hall–Kier alpha value is -4.09. The second-order valence-electron chi connectivity index (χ2n) is 8.88. The highest BCUT2D eigenvalue weighted by atomic mass is 16.5. The highest BCUT2D eigenvalue weighted by Gasteiger charge is 2.39. The molecule has 0 aromatic heterocycles. The van der Waals surface area contributed by atoms with Crippen molar-refractivity contribution < 1.29 is 23.7 Å². The molecule has 0 aliphatic carbocycles. The fourth-order valence-corrected chi connectivity index (χ4v) is 4.95. The van der Waals surface area contributed by atoms with E-state index in [4.69, 9.17) is 29.4 Å². The summed E-state index contributed by atoms with van der Waals surface area (Å²) >= 11 is 0. The fraction of sp³-hybridized carbons (Fsp3) is 0.345. The summed E-state index contributed by atoms with van der Waals surface area (Å²) in [6.07, 6.45) is 3.05. The monoisotopic (exact) mass is 503 g/mol. The molecule has 4 rings (SSSR count). The van der Waals surface area contributed by atoms with Gasteiger partial charge in [0, 0.05) is 41.9 Å². The summed E-state index contributed by atoms with van der Waals surface area (Å²) in [7, 11) is 6.47. The van der Waals surface area contributed by atoms with Crippen LogP contribution in [0.15, 0.2) is 64.8 Å². The van der Waals surface area contributed by atoms with Gasteiger partial charge in [-0.15, -0.1) is 0 Å². The van der Waals surface area contributed by atoms with E-state index in [1.54, 1.807) is 28.4 Å². The van der Waals surface area contributed by atoms with Gasteiger partial charge in [0.15, 0.2) is 0 Å². The average molecular weight is 504 g/mol. The van der Waals surface area contributed by atoms with Gasteiger partial charge in [-0.1, -0.05) is 13.0 Å². The predicted molar refractivity (Wildman–Crippen MR) is 141 cm³/mol. The predicted octanol–water partition coefficient (Wildman–Crippen LogP) is 4.59. The summed E-state index contributed by atoms with van der Waals surface area (Å²) in [6.45, 7) is 4.35. The number of benzene rings is 2. The molecule has 2 aliphatic heterocycles. The molecular formula is C29H33N3O5. The maximum Gasteiger partial charge on any atom is 0.205 e. The Balaban J connectivity index is 1.91. The number of hydrogen-bond acceptors (Lipinski definition) is 8. The molecule has 0 fully saturated rings. The van der Waals surface area contributed by atoms with Gasteiger partial charge in [0.25, 0.3) is 0 Å². The maximum atomic E-state index is 10.1. The number of allylic oxidation sites excluding steroid dienone is 1. The lowest BCUT2D eigenvalue weighted by atomic mass is 9.79. The molecular weight excluding hydrogens is 470 g/mol. The van der Waals surface area contributed by atoms with Gasteiger partial charge in [-0.3, -0.25) is 4.90 Å². The van der Waals surface area contributed by atoms with Crippen LogP contribution in [0.3, 0.4) is 0 Å².